The quantitative estimate of drug-likeness (QED) is 0.458. The van der Waals surface area contributed by atoms with Crippen molar-refractivity contribution in [2.24, 2.45) is 0 Å². The molecule has 0 aliphatic heterocycles. The Balaban J connectivity index is 2.65. The summed E-state index contributed by atoms with van der Waals surface area (Å²) in [5.41, 5.74) is 0. The first-order chi connectivity index (χ1) is 2.41. The molecule has 0 aromatic heterocycles. The SMILES string of the molecule is C=CC[CH]=[V]. The van der Waals surface area contributed by atoms with E-state index in [0.717, 1.165) is 6.42 Å². The van der Waals surface area contributed by atoms with Crippen LogP contribution in [0.5, 0.6) is 0 Å². The van der Waals surface area contributed by atoms with Crippen LogP contribution in [0.4, 0.5) is 0 Å². The van der Waals surface area contributed by atoms with E-state index in [1.807, 2.05) is 10.8 Å². The number of hydrogen-bond acceptors (Lipinski definition) is 0. The molecule has 0 saturated heterocycles. The molecule has 0 aromatic carbocycles. The van der Waals surface area contributed by atoms with E-state index in [0.29, 0.717) is 0 Å². The van der Waals surface area contributed by atoms with Gasteiger partial charge in [-0.3, -0.25) is 0 Å². The first-order valence-electron chi connectivity index (χ1n) is 1.48. The molecule has 0 aliphatic carbocycles. The zero-order valence-electron chi connectivity index (χ0n) is 3.02. The minimum atomic E-state index is 1.00. The van der Waals surface area contributed by atoms with Gasteiger partial charge in [-0.05, 0) is 0 Å². The zero-order chi connectivity index (χ0) is 4.12. The Kier molecular flexibility index (Phi) is 4.36. The summed E-state index contributed by atoms with van der Waals surface area (Å²) in [6, 6.07) is 0. The molecule has 0 aromatic rings. The molecule has 0 amide bonds. The number of rotatable bonds is 2. The molecule has 0 aliphatic rings. The summed E-state index contributed by atoms with van der Waals surface area (Å²) in [5.74, 6) is 0. The van der Waals surface area contributed by atoms with Crippen LogP contribution in [0.25, 0.3) is 0 Å². The van der Waals surface area contributed by atoms with Gasteiger partial charge >= 0.3 is 40.8 Å². The standard InChI is InChI=1S/C4H6.V/c1-3-4-2;/h1,4H,2-3H2;. The first kappa shape index (κ1) is 5.19. The van der Waals surface area contributed by atoms with E-state index >= 15 is 0 Å². The summed E-state index contributed by atoms with van der Waals surface area (Å²) < 4.78 is 2.00. The van der Waals surface area contributed by atoms with Crippen molar-refractivity contribution in [3.8, 4) is 0 Å². The van der Waals surface area contributed by atoms with Crippen molar-refractivity contribution in [3.63, 3.8) is 0 Å². The van der Waals surface area contributed by atoms with Crippen LogP contribution in [0.1, 0.15) is 6.42 Å². The summed E-state index contributed by atoms with van der Waals surface area (Å²) in [6.45, 7) is 3.51. The van der Waals surface area contributed by atoms with Gasteiger partial charge in [-0.2, -0.15) is 0 Å². The average Bonchev–Trinajstić information content (AvgIpc) is 1.41. The van der Waals surface area contributed by atoms with Crippen molar-refractivity contribution in [1.29, 1.82) is 0 Å². The fourth-order valence-electron chi connectivity index (χ4n) is 0.0745. The Morgan fingerprint density at radius 2 is 2.40 bits per heavy atom. The van der Waals surface area contributed by atoms with Crippen LogP contribution < -0.4 is 0 Å². The second kappa shape index (κ2) is 4.19. The van der Waals surface area contributed by atoms with E-state index in [1.54, 1.807) is 0 Å². The number of hydrogen-bond donors (Lipinski definition) is 0. The van der Waals surface area contributed by atoms with Gasteiger partial charge in [-0.25, -0.2) is 0 Å². The molecule has 0 fully saturated rings. The van der Waals surface area contributed by atoms with Gasteiger partial charge in [0.2, 0.25) is 0 Å². The van der Waals surface area contributed by atoms with Gasteiger partial charge in [-0.1, -0.05) is 0 Å². The normalized spacial score (nSPS) is 6.20. The average molecular weight is 105 g/mol. The minimum absolute atomic E-state index is 1.00. The Hall–Kier alpha value is 0.194. The second-order valence-electron chi connectivity index (χ2n) is 0.707. The van der Waals surface area contributed by atoms with Crippen molar-refractivity contribution in [2.75, 3.05) is 0 Å². The predicted octanol–water partition coefficient (Wildman–Crippen LogP) is 0.911. The third kappa shape index (κ3) is 4.19. The van der Waals surface area contributed by atoms with Gasteiger partial charge in [0.05, 0.1) is 0 Å². The third-order valence-electron chi connectivity index (χ3n) is 0.272. The Labute approximate surface area is 41.4 Å². The maximum absolute atomic E-state index is 3.51. The molecule has 0 radical (unpaired) electrons. The molecule has 0 atom stereocenters. The van der Waals surface area contributed by atoms with Crippen molar-refractivity contribution in [1.82, 2.24) is 0 Å². The molecule has 0 heterocycles. The summed E-state index contributed by atoms with van der Waals surface area (Å²) >= 11 is 2.38. The monoisotopic (exact) mass is 105 g/mol. The van der Waals surface area contributed by atoms with Gasteiger partial charge in [0.25, 0.3) is 0 Å². The third-order valence-corrected chi connectivity index (χ3v) is 0.601. The van der Waals surface area contributed by atoms with E-state index < -0.39 is 0 Å². The van der Waals surface area contributed by atoms with Crippen LogP contribution in [0.2, 0.25) is 0 Å². The van der Waals surface area contributed by atoms with Crippen LogP contribution >= 0.6 is 0 Å². The van der Waals surface area contributed by atoms with Gasteiger partial charge in [0.1, 0.15) is 0 Å². The molecule has 0 spiro atoms. The zero-order valence-corrected chi connectivity index (χ0v) is 4.41. The summed E-state index contributed by atoms with van der Waals surface area (Å²) in [7, 11) is 0. The number of allylic oxidation sites excluding steroid dienone is 1. The summed E-state index contributed by atoms with van der Waals surface area (Å²) in [5, 5.41) is 0. The molecule has 0 rings (SSSR count). The van der Waals surface area contributed by atoms with E-state index in [2.05, 4.69) is 23.6 Å². The molecule has 1 heteroatoms. The summed E-state index contributed by atoms with van der Waals surface area (Å²) in [6.07, 6.45) is 2.86. The van der Waals surface area contributed by atoms with E-state index in [9.17, 15) is 0 Å². The second-order valence-corrected chi connectivity index (χ2v) is 1.28. The Morgan fingerprint density at radius 1 is 1.80 bits per heavy atom. The molecule has 0 nitrogen and oxygen atoms in total. The fraction of sp³-hybridized carbons (Fsp3) is 0.250. The Bertz CT molecular complexity index is 32.9. The van der Waals surface area contributed by atoms with Crippen molar-refractivity contribution in [3.05, 3.63) is 12.7 Å². The molecule has 0 saturated carbocycles. The molecule has 5 heavy (non-hydrogen) atoms. The first-order valence-corrected chi connectivity index (χ1v) is 2.29. The fourth-order valence-corrected chi connectivity index (χ4v) is 0.307. The maximum atomic E-state index is 3.51. The van der Waals surface area contributed by atoms with Crippen LogP contribution in [-0.2, 0) is 17.0 Å². The summed E-state index contributed by atoms with van der Waals surface area (Å²) in [4.78, 5) is 0. The van der Waals surface area contributed by atoms with Crippen LogP contribution in [0.15, 0.2) is 12.7 Å². The van der Waals surface area contributed by atoms with Crippen LogP contribution in [0, 0.1) is 0 Å². The van der Waals surface area contributed by atoms with Crippen molar-refractivity contribution in [2.45, 2.75) is 6.42 Å². The van der Waals surface area contributed by atoms with E-state index in [-0.39, 0.29) is 0 Å². The van der Waals surface area contributed by atoms with Gasteiger partial charge in [-0.15, -0.1) is 0 Å². The molecular weight excluding hydrogens is 99.0 g/mol. The Morgan fingerprint density at radius 3 is 2.40 bits per heavy atom. The molecule has 0 bridgehead atoms. The van der Waals surface area contributed by atoms with Gasteiger partial charge < -0.3 is 0 Å². The predicted molar refractivity (Wildman–Crippen MR) is 20.9 cm³/mol. The van der Waals surface area contributed by atoms with Crippen LogP contribution in [-0.4, -0.2) is 4.73 Å². The molecule has 27 valence electrons. The van der Waals surface area contributed by atoms with Crippen molar-refractivity contribution < 1.29 is 17.0 Å². The van der Waals surface area contributed by atoms with Crippen molar-refractivity contribution >= 4 is 4.73 Å². The molecule has 0 N–H and O–H groups in total. The van der Waals surface area contributed by atoms with Crippen LogP contribution in [0.3, 0.4) is 0 Å². The van der Waals surface area contributed by atoms with Gasteiger partial charge in [0.15, 0.2) is 0 Å². The molecule has 0 unspecified atom stereocenters. The van der Waals surface area contributed by atoms with E-state index in [4.69, 9.17) is 0 Å². The van der Waals surface area contributed by atoms with E-state index in [1.165, 1.54) is 0 Å². The topological polar surface area (TPSA) is 0 Å². The molecular formula is C4H6V. The van der Waals surface area contributed by atoms with Gasteiger partial charge in [0, 0.05) is 0 Å².